The number of allylic oxidation sites excluding steroid dienone is 1. The summed E-state index contributed by atoms with van der Waals surface area (Å²) in [6.45, 7) is 0.507. The van der Waals surface area contributed by atoms with Gasteiger partial charge in [-0.05, 0) is 34.1 Å². The molecule has 0 fully saturated rings. The maximum atomic E-state index is 5.78. The second-order valence-electron chi connectivity index (χ2n) is 2.51. The van der Waals surface area contributed by atoms with E-state index in [2.05, 4.69) is 15.9 Å². The van der Waals surface area contributed by atoms with Crippen molar-refractivity contribution in [2.75, 3.05) is 12.5 Å². The van der Waals surface area contributed by atoms with E-state index >= 15 is 0 Å². The van der Waals surface area contributed by atoms with Gasteiger partial charge >= 0.3 is 0 Å². The van der Waals surface area contributed by atoms with Crippen molar-refractivity contribution < 1.29 is 4.74 Å². The van der Waals surface area contributed by atoms with Gasteiger partial charge < -0.3 is 4.74 Å². The molecule has 0 bridgehead atoms. The predicted octanol–water partition coefficient (Wildman–Crippen LogP) is 4.28. The summed E-state index contributed by atoms with van der Waals surface area (Å²) in [7, 11) is 0. The molecule has 0 N–H and O–H groups in total. The molecule has 1 aromatic carbocycles. The maximum absolute atomic E-state index is 5.78. The molecule has 0 amide bonds. The highest BCUT2D eigenvalue weighted by molar-refractivity contribution is 9.10. The lowest BCUT2D eigenvalue weighted by molar-refractivity contribution is 0.360. The summed E-state index contributed by atoms with van der Waals surface area (Å²) in [6, 6.07) is 5.40. The van der Waals surface area contributed by atoms with Crippen LogP contribution in [-0.4, -0.2) is 12.5 Å². The predicted molar refractivity (Wildman–Crippen MR) is 64.5 cm³/mol. The van der Waals surface area contributed by atoms with E-state index in [4.69, 9.17) is 27.9 Å². The summed E-state index contributed by atoms with van der Waals surface area (Å²) in [5.41, 5.74) is 0. The van der Waals surface area contributed by atoms with Gasteiger partial charge in [0.05, 0.1) is 4.47 Å². The Labute approximate surface area is 102 Å². The Morgan fingerprint density at radius 2 is 2.14 bits per heavy atom. The highest BCUT2D eigenvalue weighted by atomic mass is 79.9. The van der Waals surface area contributed by atoms with Gasteiger partial charge in [-0.25, -0.2) is 0 Å². The highest BCUT2D eigenvalue weighted by Crippen LogP contribution is 2.27. The van der Waals surface area contributed by atoms with Crippen LogP contribution in [0.5, 0.6) is 5.75 Å². The molecule has 0 spiro atoms. The van der Waals surface area contributed by atoms with Crippen LogP contribution in [0.4, 0.5) is 0 Å². The van der Waals surface area contributed by atoms with Crippen LogP contribution in [0.2, 0.25) is 5.02 Å². The lowest BCUT2D eigenvalue weighted by Gasteiger charge is -2.05. The van der Waals surface area contributed by atoms with Crippen LogP contribution in [0.3, 0.4) is 0 Å². The molecule has 0 atom stereocenters. The van der Waals surface area contributed by atoms with Gasteiger partial charge in [0.25, 0.3) is 0 Å². The molecular weight excluding hydrogens is 287 g/mol. The molecule has 14 heavy (non-hydrogen) atoms. The normalized spacial score (nSPS) is 10.8. The zero-order valence-electron chi connectivity index (χ0n) is 7.34. The molecule has 0 unspecified atom stereocenters. The summed E-state index contributed by atoms with van der Waals surface area (Å²) in [5.74, 6) is 1.28. The minimum Gasteiger partial charge on any atom is -0.488 e. The van der Waals surface area contributed by atoms with Gasteiger partial charge in [0.1, 0.15) is 12.4 Å². The molecule has 1 nitrogen and oxygen atoms in total. The van der Waals surface area contributed by atoms with Crippen LogP contribution < -0.4 is 4.74 Å². The van der Waals surface area contributed by atoms with Crippen molar-refractivity contribution >= 4 is 39.1 Å². The Bertz CT molecular complexity index is 326. The second kappa shape index (κ2) is 6.33. The third-order valence-corrected chi connectivity index (χ3v) is 2.52. The fourth-order valence-electron chi connectivity index (χ4n) is 0.861. The summed E-state index contributed by atoms with van der Waals surface area (Å²) in [6.07, 6.45) is 3.71. The molecule has 0 radical (unpaired) electrons. The molecule has 0 aromatic heterocycles. The zero-order chi connectivity index (χ0) is 10.4. The van der Waals surface area contributed by atoms with Crippen LogP contribution in [-0.2, 0) is 0 Å². The van der Waals surface area contributed by atoms with Gasteiger partial charge in [0.2, 0.25) is 0 Å². The number of benzene rings is 1. The standard InChI is InChI=1S/C10H9BrCl2O/c11-9-7-8(13)3-4-10(9)14-6-2-1-5-12/h1-4,7H,5-6H2. The van der Waals surface area contributed by atoms with Crippen molar-refractivity contribution in [3.63, 3.8) is 0 Å². The smallest absolute Gasteiger partial charge is 0.134 e. The molecule has 0 saturated heterocycles. The monoisotopic (exact) mass is 294 g/mol. The van der Waals surface area contributed by atoms with Crippen molar-refractivity contribution in [3.05, 3.63) is 39.8 Å². The van der Waals surface area contributed by atoms with Crippen molar-refractivity contribution in [2.45, 2.75) is 0 Å². The van der Waals surface area contributed by atoms with Crippen LogP contribution in [0.15, 0.2) is 34.8 Å². The first-order valence-corrected chi connectivity index (χ1v) is 5.73. The Morgan fingerprint density at radius 1 is 1.36 bits per heavy atom. The highest BCUT2D eigenvalue weighted by Gasteiger charge is 1.99. The quantitative estimate of drug-likeness (QED) is 0.595. The van der Waals surface area contributed by atoms with Gasteiger partial charge in [0.15, 0.2) is 0 Å². The molecule has 0 heterocycles. The van der Waals surface area contributed by atoms with E-state index in [0.29, 0.717) is 17.5 Å². The lowest BCUT2D eigenvalue weighted by Crippen LogP contribution is -1.93. The van der Waals surface area contributed by atoms with Gasteiger partial charge in [0, 0.05) is 10.9 Å². The fraction of sp³-hybridized carbons (Fsp3) is 0.200. The number of ether oxygens (including phenoxy) is 1. The molecule has 76 valence electrons. The molecular formula is C10H9BrCl2O. The largest absolute Gasteiger partial charge is 0.488 e. The lowest BCUT2D eigenvalue weighted by atomic mass is 10.3. The molecule has 1 aromatic rings. The van der Waals surface area contributed by atoms with Crippen LogP contribution in [0.1, 0.15) is 0 Å². The number of halogens is 3. The minimum atomic E-state index is 0.505. The van der Waals surface area contributed by atoms with Gasteiger partial charge in [-0.15, -0.1) is 11.6 Å². The first kappa shape index (κ1) is 11.9. The Hall–Kier alpha value is -0.180. The summed E-state index contributed by atoms with van der Waals surface area (Å²) >= 11 is 14.6. The number of alkyl halides is 1. The molecule has 0 aliphatic rings. The van der Waals surface area contributed by atoms with E-state index < -0.39 is 0 Å². The first-order chi connectivity index (χ1) is 6.74. The summed E-state index contributed by atoms with van der Waals surface area (Å²) in [4.78, 5) is 0. The molecule has 4 heteroatoms. The zero-order valence-corrected chi connectivity index (χ0v) is 10.4. The fourth-order valence-corrected chi connectivity index (χ4v) is 1.78. The number of hydrogen-bond donors (Lipinski definition) is 0. The van der Waals surface area contributed by atoms with Gasteiger partial charge in [-0.1, -0.05) is 23.8 Å². The average molecular weight is 296 g/mol. The van der Waals surface area contributed by atoms with E-state index in [1.165, 1.54) is 0 Å². The van der Waals surface area contributed by atoms with E-state index in [1.807, 2.05) is 18.2 Å². The SMILES string of the molecule is ClCC=CCOc1ccc(Cl)cc1Br. The molecule has 0 saturated carbocycles. The van der Waals surface area contributed by atoms with Gasteiger partial charge in [-0.3, -0.25) is 0 Å². The molecule has 0 aliphatic carbocycles. The molecule has 0 aliphatic heterocycles. The Balaban J connectivity index is 2.55. The topological polar surface area (TPSA) is 9.23 Å². The Morgan fingerprint density at radius 3 is 2.79 bits per heavy atom. The van der Waals surface area contributed by atoms with Gasteiger partial charge in [-0.2, -0.15) is 0 Å². The first-order valence-electron chi connectivity index (χ1n) is 4.03. The van der Waals surface area contributed by atoms with Crippen molar-refractivity contribution in [1.82, 2.24) is 0 Å². The average Bonchev–Trinajstić information content (AvgIpc) is 2.15. The maximum Gasteiger partial charge on any atom is 0.134 e. The van der Waals surface area contributed by atoms with E-state index in [-0.39, 0.29) is 0 Å². The van der Waals surface area contributed by atoms with Crippen molar-refractivity contribution in [1.29, 1.82) is 0 Å². The van der Waals surface area contributed by atoms with E-state index in [1.54, 1.807) is 12.1 Å². The summed E-state index contributed by atoms with van der Waals surface area (Å²) < 4.78 is 6.29. The molecule has 1 rings (SSSR count). The third-order valence-electron chi connectivity index (χ3n) is 1.48. The second-order valence-corrected chi connectivity index (χ2v) is 4.11. The van der Waals surface area contributed by atoms with Crippen molar-refractivity contribution in [2.24, 2.45) is 0 Å². The number of rotatable bonds is 4. The third kappa shape index (κ3) is 3.91. The number of hydrogen-bond acceptors (Lipinski definition) is 1. The Kier molecular flexibility index (Phi) is 5.38. The minimum absolute atomic E-state index is 0.505. The van der Waals surface area contributed by atoms with E-state index in [9.17, 15) is 0 Å². The van der Waals surface area contributed by atoms with Crippen LogP contribution >= 0.6 is 39.1 Å². The van der Waals surface area contributed by atoms with Crippen LogP contribution in [0, 0.1) is 0 Å². The summed E-state index contributed by atoms with van der Waals surface area (Å²) in [5, 5.41) is 0.681. The van der Waals surface area contributed by atoms with Crippen molar-refractivity contribution in [3.8, 4) is 5.75 Å². The van der Waals surface area contributed by atoms with Crippen LogP contribution in [0.25, 0.3) is 0 Å². The van der Waals surface area contributed by atoms with E-state index in [0.717, 1.165) is 10.2 Å².